The first-order chi connectivity index (χ1) is 18.7. The fraction of sp³-hybridized carbons (Fsp3) is 0.533. The number of hydrogen-bond donors (Lipinski definition) is 1. The van der Waals surface area contributed by atoms with Crippen molar-refractivity contribution in [1.29, 1.82) is 0 Å². The molecule has 1 N–H and O–H groups in total. The predicted octanol–water partition coefficient (Wildman–Crippen LogP) is 4.88. The minimum atomic E-state index is -0.481. The molecule has 2 rings (SSSR count). The Hall–Kier alpha value is -3.30. The monoisotopic (exact) mass is 541 g/mol. The second-order valence-electron chi connectivity index (χ2n) is 8.97. The van der Waals surface area contributed by atoms with Crippen molar-refractivity contribution in [3.63, 3.8) is 0 Å². The van der Waals surface area contributed by atoms with Crippen molar-refractivity contribution >= 4 is 23.3 Å². The maximum Gasteiger partial charge on any atom is 0.270 e. The van der Waals surface area contributed by atoms with Gasteiger partial charge in [-0.25, -0.2) is 0 Å². The summed E-state index contributed by atoms with van der Waals surface area (Å²) in [5.74, 6) is -0.215. The van der Waals surface area contributed by atoms with E-state index in [1.165, 1.54) is 6.20 Å². The summed E-state index contributed by atoms with van der Waals surface area (Å²) in [5, 5.41) is 2.86. The summed E-state index contributed by atoms with van der Waals surface area (Å²) >= 11 is 0. The molecule has 0 aliphatic carbocycles. The number of aromatic nitrogens is 2. The molecule has 0 aromatic carbocycles. The van der Waals surface area contributed by atoms with Crippen molar-refractivity contribution in [2.75, 3.05) is 26.4 Å². The standard InChI is InChI=1S/C28H37N3O6.C2H6/c1-5-23(32)11-13-36-17-22(18-37-14-12-27(34)19(3)4)31-28(35)25-10-7-20(15-30-25)24-9-8-21(16-29-24)26(33)6-2;1-2/h7-10,15-16,19,22H,5-6,11-14,17-18H2,1-4H3,(H,31,35);1-2H3. The molecule has 2 heterocycles. The van der Waals surface area contributed by atoms with Crippen LogP contribution in [0.3, 0.4) is 0 Å². The summed E-state index contributed by atoms with van der Waals surface area (Å²) in [5.41, 5.74) is 2.12. The molecule has 0 spiro atoms. The lowest BCUT2D eigenvalue weighted by molar-refractivity contribution is -0.123. The van der Waals surface area contributed by atoms with Crippen LogP contribution in [-0.4, -0.2) is 65.7 Å². The number of amides is 1. The minimum Gasteiger partial charge on any atom is -0.379 e. The molecule has 1 atom stereocenters. The Labute approximate surface area is 232 Å². The van der Waals surface area contributed by atoms with Gasteiger partial charge in [0.25, 0.3) is 5.91 Å². The molecule has 2 aromatic rings. The lowest BCUT2D eigenvalue weighted by Crippen LogP contribution is -2.42. The molecule has 39 heavy (non-hydrogen) atoms. The Kier molecular flexibility index (Phi) is 16.3. The first kappa shape index (κ1) is 33.7. The Morgan fingerprint density at radius 3 is 2.03 bits per heavy atom. The van der Waals surface area contributed by atoms with E-state index in [0.29, 0.717) is 42.5 Å². The van der Waals surface area contributed by atoms with Crippen LogP contribution in [0.4, 0.5) is 0 Å². The molecule has 0 radical (unpaired) electrons. The molecule has 0 aliphatic rings. The summed E-state index contributed by atoms with van der Waals surface area (Å²) in [7, 11) is 0. The number of nitrogens with one attached hydrogen (secondary N) is 1. The van der Waals surface area contributed by atoms with Crippen LogP contribution < -0.4 is 5.32 Å². The van der Waals surface area contributed by atoms with Gasteiger partial charge in [0.2, 0.25) is 0 Å². The maximum atomic E-state index is 12.8. The van der Waals surface area contributed by atoms with Gasteiger partial charge in [-0.2, -0.15) is 0 Å². The predicted molar refractivity (Wildman–Crippen MR) is 151 cm³/mol. The van der Waals surface area contributed by atoms with E-state index < -0.39 is 11.9 Å². The third kappa shape index (κ3) is 12.4. The molecule has 2 aromatic heterocycles. The molecule has 0 saturated carbocycles. The highest BCUT2D eigenvalue weighted by Gasteiger charge is 2.17. The number of ketones is 3. The highest BCUT2D eigenvalue weighted by Crippen LogP contribution is 2.17. The number of carbonyl (C=O) groups is 4. The van der Waals surface area contributed by atoms with Crippen LogP contribution in [0.1, 0.15) is 88.1 Å². The van der Waals surface area contributed by atoms with Crippen LogP contribution in [-0.2, 0) is 19.1 Å². The van der Waals surface area contributed by atoms with E-state index in [4.69, 9.17) is 9.47 Å². The van der Waals surface area contributed by atoms with Crippen molar-refractivity contribution in [3.8, 4) is 11.3 Å². The van der Waals surface area contributed by atoms with E-state index in [1.807, 2.05) is 27.7 Å². The maximum absolute atomic E-state index is 12.8. The van der Waals surface area contributed by atoms with Crippen LogP contribution >= 0.6 is 0 Å². The van der Waals surface area contributed by atoms with Gasteiger partial charge in [-0.3, -0.25) is 29.1 Å². The Balaban J connectivity index is 0.00000371. The first-order valence-electron chi connectivity index (χ1n) is 13.7. The average molecular weight is 542 g/mol. The zero-order chi connectivity index (χ0) is 29.2. The van der Waals surface area contributed by atoms with Crippen LogP contribution in [0.15, 0.2) is 36.7 Å². The van der Waals surface area contributed by atoms with Crippen molar-refractivity contribution in [3.05, 3.63) is 47.9 Å². The van der Waals surface area contributed by atoms with E-state index in [9.17, 15) is 19.2 Å². The van der Waals surface area contributed by atoms with E-state index in [2.05, 4.69) is 15.3 Å². The number of pyridine rings is 2. The number of carbonyl (C=O) groups excluding carboxylic acids is 4. The lowest BCUT2D eigenvalue weighted by Gasteiger charge is -2.19. The van der Waals surface area contributed by atoms with Gasteiger partial charge in [0.15, 0.2) is 5.78 Å². The molecule has 0 saturated heterocycles. The van der Waals surface area contributed by atoms with E-state index in [1.54, 1.807) is 44.3 Å². The molecule has 0 aliphatic heterocycles. The quantitative estimate of drug-likeness (QED) is 0.222. The lowest BCUT2D eigenvalue weighted by atomic mass is 10.1. The molecule has 1 unspecified atom stereocenters. The van der Waals surface area contributed by atoms with Crippen molar-refractivity contribution in [2.24, 2.45) is 5.92 Å². The topological polar surface area (TPSA) is 125 Å². The van der Waals surface area contributed by atoms with Crippen molar-refractivity contribution in [1.82, 2.24) is 15.3 Å². The average Bonchev–Trinajstić information content (AvgIpc) is 2.97. The molecule has 9 nitrogen and oxygen atoms in total. The molecule has 0 bridgehead atoms. The largest absolute Gasteiger partial charge is 0.379 e. The third-order valence-electron chi connectivity index (χ3n) is 5.73. The number of nitrogens with zero attached hydrogens (tertiary/aromatic N) is 2. The van der Waals surface area contributed by atoms with Crippen LogP contribution in [0.5, 0.6) is 0 Å². The molecule has 214 valence electrons. The number of ether oxygens (including phenoxy) is 2. The molecule has 9 heteroatoms. The number of Topliss-reactive ketones (excluding diaryl/α,β-unsaturated/α-hetero) is 3. The summed E-state index contributed by atoms with van der Waals surface area (Å²) in [6.45, 7) is 12.1. The molecular formula is C30H43N3O6. The van der Waals surface area contributed by atoms with Gasteiger partial charge in [-0.1, -0.05) is 41.5 Å². The highest BCUT2D eigenvalue weighted by atomic mass is 16.5. The Bertz CT molecular complexity index is 1040. The molecule has 1 amide bonds. The van der Waals surface area contributed by atoms with E-state index >= 15 is 0 Å². The minimum absolute atomic E-state index is 0.0233. The van der Waals surface area contributed by atoms with E-state index in [-0.39, 0.29) is 55.4 Å². The zero-order valence-electron chi connectivity index (χ0n) is 24.1. The summed E-state index contributed by atoms with van der Waals surface area (Å²) < 4.78 is 11.2. The van der Waals surface area contributed by atoms with Crippen LogP contribution in [0, 0.1) is 5.92 Å². The zero-order valence-corrected chi connectivity index (χ0v) is 24.1. The molecular weight excluding hydrogens is 498 g/mol. The number of hydrogen-bond acceptors (Lipinski definition) is 8. The second kappa shape index (κ2) is 18.9. The third-order valence-corrected chi connectivity index (χ3v) is 5.73. The summed E-state index contributed by atoms with van der Waals surface area (Å²) in [4.78, 5) is 56.5. The first-order valence-corrected chi connectivity index (χ1v) is 13.7. The van der Waals surface area contributed by atoms with Gasteiger partial charge in [-0.15, -0.1) is 0 Å². The van der Waals surface area contributed by atoms with Crippen molar-refractivity contribution < 1.29 is 28.7 Å². The second-order valence-corrected chi connectivity index (χ2v) is 8.97. The highest BCUT2D eigenvalue weighted by molar-refractivity contribution is 5.96. The fourth-order valence-corrected chi connectivity index (χ4v) is 3.28. The van der Waals surface area contributed by atoms with Gasteiger partial charge >= 0.3 is 0 Å². The van der Waals surface area contributed by atoms with Crippen LogP contribution in [0.25, 0.3) is 11.3 Å². The van der Waals surface area contributed by atoms with Crippen LogP contribution in [0.2, 0.25) is 0 Å². The van der Waals surface area contributed by atoms with Gasteiger partial charge < -0.3 is 14.8 Å². The van der Waals surface area contributed by atoms with Gasteiger partial charge in [0.05, 0.1) is 38.2 Å². The Morgan fingerprint density at radius 1 is 0.846 bits per heavy atom. The van der Waals surface area contributed by atoms with Gasteiger partial charge in [0, 0.05) is 55.1 Å². The smallest absolute Gasteiger partial charge is 0.270 e. The Morgan fingerprint density at radius 2 is 1.51 bits per heavy atom. The normalized spacial score (nSPS) is 11.4. The molecule has 0 fully saturated rings. The summed E-state index contributed by atoms with van der Waals surface area (Å²) in [6, 6.07) is 6.32. The van der Waals surface area contributed by atoms with Gasteiger partial charge in [-0.05, 0) is 24.3 Å². The summed E-state index contributed by atoms with van der Waals surface area (Å²) in [6.07, 6.45) is 4.56. The number of rotatable bonds is 17. The van der Waals surface area contributed by atoms with E-state index in [0.717, 1.165) is 0 Å². The SMILES string of the molecule is CC.CCC(=O)CCOCC(COCCC(=O)C(C)C)NC(=O)c1ccc(-c2ccc(C(=O)CC)cn2)cn1. The van der Waals surface area contributed by atoms with Crippen molar-refractivity contribution in [2.45, 2.75) is 73.3 Å². The van der Waals surface area contributed by atoms with Gasteiger partial charge in [0.1, 0.15) is 17.3 Å². The fourth-order valence-electron chi connectivity index (χ4n) is 3.28.